The Hall–Kier alpha value is -2.66. The van der Waals surface area contributed by atoms with Crippen molar-refractivity contribution in [2.24, 2.45) is 5.92 Å². The summed E-state index contributed by atoms with van der Waals surface area (Å²) in [6.45, 7) is 8.25. The molecule has 2 aromatic carbocycles. The largest absolute Gasteiger partial charge is 0.352 e. The quantitative estimate of drug-likeness (QED) is 0.696. The number of aryl methyl sites for hydroxylation is 1. The Kier molecular flexibility index (Phi) is 7.42. The fourth-order valence-electron chi connectivity index (χ4n) is 3.57. The summed E-state index contributed by atoms with van der Waals surface area (Å²) in [6, 6.07) is 14.5. The van der Waals surface area contributed by atoms with Crippen molar-refractivity contribution in [2.75, 3.05) is 31.5 Å². The zero-order chi connectivity index (χ0) is 20.6. The average Bonchev–Trinajstić information content (AvgIpc) is 2.74. The monoisotopic (exact) mass is 393 g/mol. The van der Waals surface area contributed by atoms with Crippen LogP contribution >= 0.6 is 0 Å². The van der Waals surface area contributed by atoms with Gasteiger partial charge in [-0.05, 0) is 81.6 Å². The zero-order valence-corrected chi connectivity index (χ0v) is 17.4. The highest BCUT2D eigenvalue weighted by Crippen LogP contribution is 2.18. The summed E-state index contributed by atoms with van der Waals surface area (Å²) in [5.41, 5.74) is 2.73. The number of hydrogen-bond donors (Lipinski definition) is 2. The van der Waals surface area contributed by atoms with Gasteiger partial charge < -0.3 is 15.5 Å². The maximum atomic E-state index is 12.5. The maximum absolute atomic E-state index is 12.5. The number of nitrogens with one attached hydrogen (secondary N) is 2. The van der Waals surface area contributed by atoms with E-state index in [1.807, 2.05) is 31.2 Å². The van der Waals surface area contributed by atoms with Gasteiger partial charge in [-0.3, -0.25) is 9.59 Å². The number of carbonyl (C=O) groups is 2. The molecule has 0 unspecified atom stereocenters. The Bertz CT molecular complexity index is 827. The first kappa shape index (κ1) is 21.1. The molecule has 2 N–H and O–H groups in total. The predicted octanol–water partition coefficient (Wildman–Crippen LogP) is 4.10. The van der Waals surface area contributed by atoms with Gasteiger partial charge in [0.05, 0.1) is 0 Å². The molecule has 1 heterocycles. The molecular formula is C24H31N3O2. The minimum absolute atomic E-state index is 0.104. The first-order valence-electron chi connectivity index (χ1n) is 10.5. The Balaban J connectivity index is 1.50. The van der Waals surface area contributed by atoms with Crippen molar-refractivity contribution < 1.29 is 9.59 Å². The zero-order valence-electron chi connectivity index (χ0n) is 17.4. The van der Waals surface area contributed by atoms with E-state index < -0.39 is 0 Å². The number of hydrogen-bond acceptors (Lipinski definition) is 3. The molecule has 0 aliphatic carbocycles. The second-order valence-corrected chi connectivity index (χ2v) is 7.98. The lowest BCUT2D eigenvalue weighted by Gasteiger charge is -2.30. The number of benzene rings is 2. The van der Waals surface area contributed by atoms with Crippen molar-refractivity contribution in [1.82, 2.24) is 10.2 Å². The van der Waals surface area contributed by atoms with Gasteiger partial charge in [0.15, 0.2) is 0 Å². The van der Waals surface area contributed by atoms with Crippen molar-refractivity contribution >= 4 is 17.5 Å². The van der Waals surface area contributed by atoms with Crippen molar-refractivity contribution in [1.29, 1.82) is 0 Å². The van der Waals surface area contributed by atoms with E-state index in [-0.39, 0.29) is 11.8 Å². The van der Waals surface area contributed by atoms with E-state index in [9.17, 15) is 9.59 Å². The molecule has 0 bridgehead atoms. The third-order valence-electron chi connectivity index (χ3n) is 5.60. The second-order valence-electron chi connectivity index (χ2n) is 7.98. The molecule has 0 saturated carbocycles. The molecule has 2 amide bonds. The van der Waals surface area contributed by atoms with Gasteiger partial charge in [-0.25, -0.2) is 0 Å². The normalized spacial score (nSPS) is 15.1. The molecule has 0 atom stereocenters. The van der Waals surface area contributed by atoms with Crippen LogP contribution in [0.2, 0.25) is 0 Å². The first-order chi connectivity index (χ1) is 14.0. The maximum Gasteiger partial charge on any atom is 0.255 e. The lowest BCUT2D eigenvalue weighted by molar-refractivity contribution is 0.0949. The topological polar surface area (TPSA) is 61.4 Å². The molecule has 5 heteroatoms. The van der Waals surface area contributed by atoms with Gasteiger partial charge in [-0.2, -0.15) is 0 Å². The van der Waals surface area contributed by atoms with E-state index in [0.717, 1.165) is 37.5 Å². The van der Waals surface area contributed by atoms with E-state index in [1.165, 1.54) is 12.8 Å². The van der Waals surface area contributed by atoms with E-state index >= 15 is 0 Å². The molecule has 1 saturated heterocycles. The standard InChI is InChI=1S/C24H31N3O2/c1-18-11-15-27(16-12-18)14-6-13-25-23(28)21-10-9-19(2)22(17-21)26-24(29)20-7-4-3-5-8-20/h3-5,7-10,17-18H,6,11-16H2,1-2H3,(H,25,28)(H,26,29). The van der Waals surface area contributed by atoms with Crippen molar-refractivity contribution in [2.45, 2.75) is 33.1 Å². The van der Waals surface area contributed by atoms with Crippen LogP contribution in [0.4, 0.5) is 5.69 Å². The minimum atomic E-state index is -0.179. The van der Waals surface area contributed by atoms with Crippen LogP contribution in [0.15, 0.2) is 48.5 Å². The number of rotatable bonds is 7. The first-order valence-corrected chi connectivity index (χ1v) is 10.5. The number of anilines is 1. The van der Waals surface area contributed by atoms with Crippen LogP contribution in [0.5, 0.6) is 0 Å². The minimum Gasteiger partial charge on any atom is -0.352 e. The molecule has 0 aromatic heterocycles. The van der Waals surface area contributed by atoms with Gasteiger partial charge >= 0.3 is 0 Å². The number of amides is 2. The molecular weight excluding hydrogens is 362 g/mol. The van der Waals surface area contributed by atoms with Gasteiger partial charge in [0.2, 0.25) is 0 Å². The number of nitrogens with zero attached hydrogens (tertiary/aromatic N) is 1. The van der Waals surface area contributed by atoms with E-state index in [0.29, 0.717) is 23.4 Å². The van der Waals surface area contributed by atoms with Crippen LogP contribution in [0.3, 0.4) is 0 Å². The van der Waals surface area contributed by atoms with Crippen LogP contribution in [-0.2, 0) is 0 Å². The predicted molar refractivity (Wildman–Crippen MR) is 117 cm³/mol. The molecule has 154 valence electrons. The molecule has 0 spiro atoms. The summed E-state index contributed by atoms with van der Waals surface area (Å²) in [5.74, 6) is 0.554. The SMILES string of the molecule is Cc1ccc(C(=O)NCCCN2CCC(C)CC2)cc1NC(=O)c1ccccc1. The average molecular weight is 394 g/mol. The molecule has 5 nitrogen and oxygen atoms in total. The van der Waals surface area contributed by atoms with E-state index in [4.69, 9.17) is 0 Å². The molecule has 2 aromatic rings. The molecule has 1 fully saturated rings. The highest BCUT2D eigenvalue weighted by atomic mass is 16.2. The fraction of sp³-hybridized carbons (Fsp3) is 0.417. The Morgan fingerprint density at radius 2 is 1.72 bits per heavy atom. The Morgan fingerprint density at radius 3 is 2.45 bits per heavy atom. The van der Waals surface area contributed by atoms with Crippen LogP contribution in [-0.4, -0.2) is 42.9 Å². The summed E-state index contributed by atoms with van der Waals surface area (Å²) in [6.07, 6.45) is 3.49. The summed E-state index contributed by atoms with van der Waals surface area (Å²) < 4.78 is 0. The van der Waals surface area contributed by atoms with Crippen LogP contribution in [0.1, 0.15) is 52.5 Å². The summed E-state index contributed by atoms with van der Waals surface area (Å²) >= 11 is 0. The van der Waals surface area contributed by atoms with Gasteiger partial charge in [0.25, 0.3) is 11.8 Å². The van der Waals surface area contributed by atoms with Crippen molar-refractivity contribution in [3.63, 3.8) is 0 Å². The lowest BCUT2D eigenvalue weighted by atomic mass is 9.99. The summed E-state index contributed by atoms with van der Waals surface area (Å²) in [4.78, 5) is 27.4. The van der Waals surface area contributed by atoms with Crippen molar-refractivity contribution in [3.05, 3.63) is 65.2 Å². The number of carbonyl (C=O) groups excluding carboxylic acids is 2. The summed E-state index contributed by atoms with van der Waals surface area (Å²) in [7, 11) is 0. The third-order valence-corrected chi connectivity index (χ3v) is 5.60. The second kappa shape index (κ2) is 10.2. The lowest BCUT2D eigenvalue weighted by Crippen LogP contribution is -2.35. The third kappa shape index (κ3) is 6.16. The molecule has 1 aliphatic heterocycles. The molecule has 29 heavy (non-hydrogen) atoms. The van der Waals surface area contributed by atoms with Gasteiger partial charge in [0, 0.05) is 23.4 Å². The highest BCUT2D eigenvalue weighted by Gasteiger charge is 2.15. The van der Waals surface area contributed by atoms with Crippen LogP contribution in [0, 0.1) is 12.8 Å². The van der Waals surface area contributed by atoms with Crippen LogP contribution < -0.4 is 10.6 Å². The molecule has 3 rings (SSSR count). The van der Waals surface area contributed by atoms with Crippen LogP contribution in [0.25, 0.3) is 0 Å². The molecule has 0 radical (unpaired) electrons. The number of likely N-dealkylation sites (tertiary alicyclic amines) is 1. The van der Waals surface area contributed by atoms with E-state index in [1.54, 1.807) is 24.3 Å². The van der Waals surface area contributed by atoms with Gasteiger partial charge in [-0.15, -0.1) is 0 Å². The fourth-order valence-corrected chi connectivity index (χ4v) is 3.57. The van der Waals surface area contributed by atoms with Gasteiger partial charge in [-0.1, -0.05) is 31.2 Å². The Morgan fingerprint density at radius 1 is 1.00 bits per heavy atom. The van der Waals surface area contributed by atoms with E-state index in [2.05, 4.69) is 22.5 Å². The number of piperidine rings is 1. The van der Waals surface area contributed by atoms with Gasteiger partial charge in [0.1, 0.15) is 0 Å². The Labute approximate surface area is 173 Å². The molecule has 1 aliphatic rings. The highest BCUT2D eigenvalue weighted by molar-refractivity contribution is 6.05. The summed E-state index contributed by atoms with van der Waals surface area (Å²) in [5, 5.41) is 5.91. The smallest absolute Gasteiger partial charge is 0.255 e. The van der Waals surface area contributed by atoms with Crippen molar-refractivity contribution in [3.8, 4) is 0 Å².